The minimum Gasteiger partial charge on any atom is -0.479 e. The molecule has 4 rings (SSSR count). The van der Waals surface area contributed by atoms with Crippen molar-refractivity contribution >= 4 is 16.6 Å². The highest BCUT2D eigenvalue weighted by molar-refractivity contribution is 5.94. The molecule has 4 aromatic rings. The van der Waals surface area contributed by atoms with Gasteiger partial charge >= 0.3 is 6.18 Å². The minimum atomic E-state index is -4.90. The van der Waals surface area contributed by atoms with Crippen molar-refractivity contribution in [3.05, 3.63) is 90.4 Å². The van der Waals surface area contributed by atoms with E-state index < -0.39 is 18.0 Å². The lowest BCUT2D eigenvalue weighted by Gasteiger charge is -2.22. The van der Waals surface area contributed by atoms with Crippen LogP contribution in [0.5, 0.6) is 5.75 Å². The van der Waals surface area contributed by atoms with E-state index in [-0.39, 0.29) is 17.1 Å². The molecule has 1 unspecified atom stereocenters. The summed E-state index contributed by atoms with van der Waals surface area (Å²) in [6, 6.07) is 18.1. The molecule has 0 aliphatic carbocycles. The van der Waals surface area contributed by atoms with Gasteiger partial charge in [-0.1, -0.05) is 35.5 Å². The molecule has 0 saturated carbocycles. The summed E-state index contributed by atoms with van der Waals surface area (Å²) >= 11 is 0. The number of rotatable bonds is 5. The number of benzene rings is 3. The van der Waals surface area contributed by atoms with Crippen LogP contribution in [0.25, 0.3) is 16.6 Å². The molecule has 1 aromatic heterocycles. The van der Waals surface area contributed by atoms with Crippen LogP contribution in [0.4, 0.5) is 17.6 Å². The van der Waals surface area contributed by atoms with Gasteiger partial charge in [0.2, 0.25) is 5.71 Å². The topological polar surface area (TPSA) is 59.6 Å². The third kappa shape index (κ3) is 4.20. The molecular weight excluding hydrogens is 414 g/mol. The van der Waals surface area contributed by atoms with Crippen molar-refractivity contribution in [2.24, 2.45) is 5.16 Å². The van der Waals surface area contributed by atoms with Gasteiger partial charge < -0.3 is 9.94 Å². The Labute approximate surface area is 173 Å². The highest BCUT2D eigenvalue weighted by atomic mass is 19.4. The standard InChI is InChI=1S/C22H15F4N3O2/c23-16-6-8-17(9-7-16)29-19-11-10-18(12-15(19)13-27-29)31-20(14-4-2-1-3-5-14)21(28-30)22(24,25)26/h1-13,20,30H. The van der Waals surface area contributed by atoms with E-state index in [0.717, 1.165) is 0 Å². The number of fused-ring (bicyclic) bond motifs is 1. The molecule has 9 heteroatoms. The molecule has 0 aliphatic heterocycles. The number of oxime groups is 1. The van der Waals surface area contributed by atoms with E-state index in [1.54, 1.807) is 41.1 Å². The zero-order valence-electron chi connectivity index (χ0n) is 15.8. The summed E-state index contributed by atoms with van der Waals surface area (Å²) < 4.78 is 60.6. The molecule has 0 amide bonds. The second-order valence-corrected chi connectivity index (χ2v) is 6.64. The molecule has 1 heterocycles. The van der Waals surface area contributed by atoms with Gasteiger partial charge in [0, 0.05) is 5.39 Å². The molecular formula is C22H15F4N3O2. The smallest absolute Gasteiger partial charge is 0.436 e. The highest BCUT2D eigenvalue weighted by Crippen LogP contribution is 2.33. The maximum absolute atomic E-state index is 13.4. The van der Waals surface area contributed by atoms with Gasteiger partial charge in [-0.15, -0.1) is 0 Å². The zero-order valence-corrected chi connectivity index (χ0v) is 15.8. The van der Waals surface area contributed by atoms with Crippen LogP contribution in [0.2, 0.25) is 0 Å². The number of aromatic nitrogens is 2. The Morgan fingerprint density at radius 3 is 2.35 bits per heavy atom. The van der Waals surface area contributed by atoms with E-state index in [2.05, 4.69) is 10.3 Å². The van der Waals surface area contributed by atoms with Gasteiger partial charge in [0.25, 0.3) is 0 Å². The monoisotopic (exact) mass is 429 g/mol. The normalized spacial score (nSPS) is 13.4. The highest BCUT2D eigenvalue weighted by Gasteiger charge is 2.43. The number of hydrogen-bond donors (Lipinski definition) is 1. The van der Waals surface area contributed by atoms with Gasteiger partial charge in [-0.2, -0.15) is 18.3 Å². The number of nitrogens with zero attached hydrogens (tertiary/aromatic N) is 3. The number of hydrogen-bond acceptors (Lipinski definition) is 4. The molecule has 3 aromatic carbocycles. The third-order valence-corrected chi connectivity index (χ3v) is 4.61. The van der Waals surface area contributed by atoms with Crippen molar-refractivity contribution in [2.45, 2.75) is 12.3 Å². The fourth-order valence-electron chi connectivity index (χ4n) is 3.18. The van der Waals surface area contributed by atoms with Gasteiger partial charge in [0.05, 0.1) is 17.4 Å². The van der Waals surface area contributed by atoms with Crippen LogP contribution < -0.4 is 4.74 Å². The molecule has 0 saturated heterocycles. The molecule has 5 nitrogen and oxygen atoms in total. The number of ether oxygens (including phenoxy) is 1. The summed E-state index contributed by atoms with van der Waals surface area (Å²) in [6.07, 6.45) is -5.04. The first-order chi connectivity index (χ1) is 14.9. The zero-order chi connectivity index (χ0) is 22.0. The molecule has 0 bridgehead atoms. The quantitative estimate of drug-likeness (QED) is 0.192. The maximum atomic E-state index is 13.4. The Hall–Kier alpha value is -3.88. The Bertz CT molecular complexity index is 1220. The van der Waals surface area contributed by atoms with E-state index >= 15 is 0 Å². The summed E-state index contributed by atoms with van der Waals surface area (Å²) in [7, 11) is 0. The molecule has 1 atom stereocenters. The molecule has 0 aliphatic rings. The van der Waals surface area contributed by atoms with E-state index in [1.165, 1.54) is 42.6 Å². The van der Waals surface area contributed by atoms with Crippen molar-refractivity contribution in [3.8, 4) is 11.4 Å². The Kier molecular flexibility index (Phi) is 5.33. The van der Waals surface area contributed by atoms with E-state index in [9.17, 15) is 17.6 Å². The summed E-state index contributed by atoms with van der Waals surface area (Å²) in [5.74, 6) is -0.251. The summed E-state index contributed by atoms with van der Waals surface area (Å²) in [5.41, 5.74) is -0.0170. The minimum absolute atomic E-state index is 0.130. The molecule has 31 heavy (non-hydrogen) atoms. The van der Waals surface area contributed by atoms with Crippen molar-refractivity contribution in [1.29, 1.82) is 0 Å². The lowest BCUT2D eigenvalue weighted by atomic mass is 10.0. The maximum Gasteiger partial charge on any atom is 0.436 e. The first-order valence-electron chi connectivity index (χ1n) is 9.11. The number of halogens is 4. The van der Waals surface area contributed by atoms with Gasteiger partial charge in [0.1, 0.15) is 11.6 Å². The largest absolute Gasteiger partial charge is 0.479 e. The fourth-order valence-corrected chi connectivity index (χ4v) is 3.18. The van der Waals surface area contributed by atoms with Gasteiger partial charge in [-0.25, -0.2) is 9.07 Å². The Morgan fingerprint density at radius 2 is 1.71 bits per heavy atom. The van der Waals surface area contributed by atoms with E-state index in [0.29, 0.717) is 16.6 Å². The van der Waals surface area contributed by atoms with Gasteiger partial charge in [-0.3, -0.25) is 0 Å². The molecule has 0 radical (unpaired) electrons. The molecule has 1 N–H and O–H groups in total. The molecule has 0 spiro atoms. The summed E-state index contributed by atoms with van der Waals surface area (Å²) in [5, 5.41) is 16.4. The van der Waals surface area contributed by atoms with Crippen molar-refractivity contribution in [1.82, 2.24) is 9.78 Å². The van der Waals surface area contributed by atoms with Crippen molar-refractivity contribution in [2.75, 3.05) is 0 Å². The van der Waals surface area contributed by atoms with Crippen LogP contribution in [0.3, 0.4) is 0 Å². The average Bonchev–Trinajstić information content (AvgIpc) is 3.17. The average molecular weight is 429 g/mol. The van der Waals surface area contributed by atoms with Crippen LogP contribution in [-0.2, 0) is 0 Å². The first kappa shape index (κ1) is 20.4. The first-order valence-corrected chi connectivity index (χ1v) is 9.11. The lowest BCUT2D eigenvalue weighted by molar-refractivity contribution is -0.0680. The van der Waals surface area contributed by atoms with Crippen LogP contribution >= 0.6 is 0 Å². The van der Waals surface area contributed by atoms with Crippen LogP contribution in [0, 0.1) is 5.82 Å². The summed E-state index contributed by atoms with van der Waals surface area (Å²) in [6.45, 7) is 0. The fraction of sp³-hybridized carbons (Fsp3) is 0.0909. The van der Waals surface area contributed by atoms with Crippen LogP contribution in [0.1, 0.15) is 11.7 Å². The molecule has 158 valence electrons. The predicted molar refractivity (Wildman–Crippen MR) is 106 cm³/mol. The Morgan fingerprint density at radius 1 is 1.00 bits per heavy atom. The van der Waals surface area contributed by atoms with Gasteiger partial charge in [-0.05, 0) is 48.0 Å². The van der Waals surface area contributed by atoms with Crippen LogP contribution in [0.15, 0.2) is 84.1 Å². The Balaban J connectivity index is 1.71. The van der Waals surface area contributed by atoms with Crippen molar-refractivity contribution < 1.29 is 27.5 Å². The summed E-state index contributed by atoms with van der Waals surface area (Å²) in [4.78, 5) is 0. The van der Waals surface area contributed by atoms with E-state index in [4.69, 9.17) is 9.94 Å². The van der Waals surface area contributed by atoms with Gasteiger partial charge in [0.15, 0.2) is 6.10 Å². The second kappa shape index (κ2) is 8.10. The molecule has 0 fully saturated rings. The van der Waals surface area contributed by atoms with E-state index in [1.807, 2.05) is 0 Å². The third-order valence-electron chi connectivity index (χ3n) is 4.61. The second-order valence-electron chi connectivity index (χ2n) is 6.64. The lowest BCUT2D eigenvalue weighted by Crippen LogP contribution is -2.32. The SMILES string of the molecule is ON=C(C(Oc1ccc2c(cnn2-c2ccc(F)cc2)c1)c1ccccc1)C(F)(F)F. The number of alkyl halides is 3. The van der Waals surface area contributed by atoms with Crippen LogP contribution in [-0.4, -0.2) is 26.9 Å². The van der Waals surface area contributed by atoms with Crippen molar-refractivity contribution in [3.63, 3.8) is 0 Å². The predicted octanol–water partition coefficient (Wildman–Crippen LogP) is 5.68.